The Kier molecular flexibility index (Phi) is 4.21. The Labute approximate surface area is 123 Å². The number of rotatable bonds is 4. The van der Waals surface area contributed by atoms with Crippen LogP contribution in [0.2, 0.25) is 0 Å². The van der Waals surface area contributed by atoms with Gasteiger partial charge in [-0.3, -0.25) is 4.90 Å². The standard InChI is InChI=1S/C15H21IN2/c16-14-4-2-1-3-13(14)15(11-12-5-6-12)18-9-7-17-8-10-18/h1-4,12,15,17H,5-11H2/t15-/m1/s1. The number of hydrogen-bond donors (Lipinski definition) is 1. The van der Waals surface area contributed by atoms with Crippen LogP contribution in [0, 0.1) is 9.49 Å². The van der Waals surface area contributed by atoms with Crippen molar-refractivity contribution in [3.63, 3.8) is 0 Å². The van der Waals surface area contributed by atoms with E-state index in [1.165, 1.54) is 35.9 Å². The zero-order valence-corrected chi connectivity index (χ0v) is 12.9. The molecule has 3 heteroatoms. The fourth-order valence-corrected chi connectivity index (χ4v) is 3.63. The second-order valence-corrected chi connectivity index (χ2v) is 6.66. The molecular formula is C15H21IN2. The van der Waals surface area contributed by atoms with Gasteiger partial charge in [-0.05, 0) is 46.6 Å². The summed E-state index contributed by atoms with van der Waals surface area (Å²) in [4.78, 5) is 2.69. The molecule has 1 saturated carbocycles. The first-order valence-corrected chi connectivity index (χ1v) is 8.11. The summed E-state index contributed by atoms with van der Waals surface area (Å²) in [7, 11) is 0. The molecule has 1 aliphatic heterocycles. The summed E-state index contributed by atoms with van der Waals surface area (Å²) in [6.07, 6.45) is 4.26. The van der Waals surface area contributed by atoms with E-state index in [0.717, 1.165) is 19.0 Å². The van der Waals surface area contributed by atoms with Crippen LogP contribution in [0.1, 0.15) is 30.9 Å². The quantitative estimate of drug-likeness (QED) is 0.835. The van der Waals surface area contributed by atoms with Crippen LogP contribution >= 0.6 is 22.6 Å². The van der Waals surface area contributed by atoms with Crippen LogP contribution in [0.15, 0.2) is 24.3 Å². The minimum absolute atomic E-state index is 0.646. The van der Waals surface area contributed by atoms with Crippen LogP contribution in [0.5, 0.6) is 0 Å². The molecular weight excluding hydrogens is 335 g/mol. The molecule has 0 amide bonds. The monoisotopic (exact) mass is 356 g/mol. The second-order valence-electron chi connectivity index (χ2n) is 5.50. The summed E-state index contributed by atoms with van der Waals surface area (Å²) in [5.41, 5.74) is 1.55. The molecule has 1 atom stereocenters. The first-order chi connectivity index (χ1) is 8.84. The van der Waals surface area contributed by atoms with Gasteiger partial charge < -0.3 is 5.32 Å². The van der Waals surface area contributed by atoms with Crippen molar-refractivity contribution < 1.29 is 0 Å². The minimum atomic E-state index is 0.646. The van der Waals surface area contributed by atoms with E-state index in [9.17, 15) is 0 Å². The van der Waals surface area contributed by atoms with Gasteiger partial charge in [0.1, 0.15) is 0 Å². The highest BCUT2D eigenvalue weighted by Crippen LogP contribution is 2.41. The molecule has 2 nitrogen and oxygen atoms in total. The average molecular weight is 356 g/mol. The van der Waals surface area contributed by atoms with Crippen LogP contribution in [0.3, 0.4) is 0 Å². The normalized spacial score (nSPS) is 22.9. The Balaban J connectivity index is 1.81. The summed E-state index contributed by atoms with van der Waals surface area (Å²) < 4.78 is 1.43. The molecule has 1 N–H and O–H groups in total. The molecule has 0 bridgehead atoms. The third kappa shape index (κ3) is 3.06. The van der Waals surface area contributed by atoms with E-state index in [-0.39, 0.29) is 0 Å². The lowest BCUT2D eigenvalue weighted by atomic mass is 9.99. The fourth-order valence-electron chi connectivity index (χ4n) is 2.88. The largest absolute Gasteiger partial charge is 0.314 e. The van der Waals surface area contributed by atoms with E-state index in [2.05, 4.69) is 57.1 Å². The van der Waals surface area contributed by atoms with Crippen molar-refractivity contribution >= 4 is 22.6 Å². The highest BCUT2D eigenvalue weighted by Gasteiger charge is 2.31. The van der Waals surface area contributed by atoms with Gasteiger partial charge in [-0.2, -0.15) is 0 Å². The van der Waals surface area contributed by atoms with Crippen LogP contribution in [-0.4, -0.2) is 31.1 Å². The van der Waals surface area contributed by atoms with Gasteiger partial charge >= 0.3 is 0 Å². The maximum absolute atomic E-state index is 3.46. The molecule has 2 aliphatic rings. The number of nitrogens with one attached hydrogen (secondary N) is 1. The van der Waals surface area contributed by atoms with Gasteiger partial charge in [0, 0.05) is 35.8 Å². The van der Waals surface area contributed by atoms with Crippen LogP contribution in [-0.2, 0) is 0 Å². The molecule has 1 heterocycles. The molecule has 1 saturated heterocycles. The van der Waals surface area contributed by atoms with Crippen LogP contribution in [0.25, 0.3) is 0 Å². The number of hydrogen-bond acceptors (Lipinski definition) is 2. The molecule has 0 unspecified atom stereocenters. The number of halogens is 1. The zero-order chi connectivity index (χ0) is 12.4. The Morgan fingerprint density at radius 1 is 1.22 bits per heavy atom. The maximum Gasteiger partial charge on any atom is 0.0362 e. The van der Waals surface area contributed by atoms with Crippen LogP contribution < -0.4 is 5.32 Å². The lowest BCUT2D eigenvalue weighted by Gasteiger charge is -2.36. The predicted molar refractivity (Wildman–Crippen MR) is 83.7 cm³/mol. The predicted octanol–water partition coefficient (Wildman–Crippen LogP) is 3.04. The van der Waals surface area contributed by atoms with Crippen molar-refractivity contribution in [1.29, 1.82) is 0 Å². The van der Waals surface area contributed by atoms with Gasteiger partial charge in [-0.1, -0.05) is 31.0 Å². The number of nitrogens with zero attached hydrogens (tertiary/aromatic N) is 1. The van der Waals surface area contributed by atoms with E-state index in [4.69, 9.17) is 0 Å². The first-order valence-electron chi connectivity index (χ1n) is 7.04. The van der Waals surface area contributed by atoms with Gasteiger partial charge in [-0.15, -0.1) is 0 Å². The highest BCUT2D eigenvalue weighted by molar-refractivity contribution is 14.1. The summed E-state index contributed by atoms with van der Waals surface area (Å²) >= 11 is 2.50. The van der Waals surface area contributed by atoms with Gasteiger partial charge in [0.15, 0.2) is 0 Å². The van der Waals surface area contributed by atoms with E-state index in [1.807, 2.05) is 0 Å². The zero-order valence-electron chi connectivity index (χ0n) is 10.7. The molecule has 1 aliphatic carbocycles. The van der Waals surface area contributed by atoms with E-state index in [0.29, 0.717) is 6.04 Å². The molecule has 0 radical (unpaired) electrons. The van der Waals surface area contributed by atoms with Crippen molar-refractivity contribution in [1.82, 2.24) is 10.2 Å². The van der Waals surface area contributed by atoms with Gasteiger partial charge in [0.2, 0.25) is 0 Å². The Bertz CT molecular complexity index is 397. The highest BCUT2D eigenvalue weighted by atomic mass is 127. The average Bonchev–Trinajstić information content (AvgIpc) is 3.22. The molecule has 2 fully saturated rings. The number of piperazine rings is 1. The fraction of sp³-hybridized carbons (Fsp3) is 0.600. The summed E-state index contributed by atoms with van der Waals surface area (Å²) in [6.45, 7) is 4.68. The summed E-state index contributed by atoms with van der Waals surface area (Å²) in [5, 5.41) is 3.46. The SMILES string of the molecule is Ic1ccccc1[C@@H](CC1CC1)N1CCNCC1. The van der Waals surface area contributed by atoms with Crippen LogP contribution in [0.4, 0.5) is 0 Å². The Morgan fingerprint density at radius 3 is 2.61 bits per heavy atom. The van der Waals surface area contributed by atoms with Crippen molar-refractivity contribution in [3.05, 3.63) is 33.4 Å². The Morgan fingerprint density at radius 2 is 1.94 bits per heavy atom. The Hall–Kier alpha value is -0.130. The minimum Gasteiger partial charge on any atom is -0.314 e. The molecule has 0 spiro atoms. The molecule has 0 aromatic heterocycles. The molecule has 3 rings (SSSR count). The first kappa shape index (κ1) is 12.9. The van der Waals surface area contributed by atoms with E-state index in [1.54, 1.807) is 5.56 Å². The van der Waals surface area contributed by atoms with Crippen molar-refractivity contribution in [3.8, 4) is 0 Å². The van der Waals surface area contributed by atoms with Crippen molar-refractivity contribution in [2.75, 3.05) is 26.2 Å². The third-order valence-corrected chi connectivity index (χ3v) is 5.09. The topological polar surface area (TPSA) is 15.3 Å². The lowest BCUT2D eigenvalue weighted by Crippen LogP contribution is -2.45. The van der Waals surface area contributed by atoms with Gasteiger partial charge in [0.05, 0.1) is 0 Å². The number of benzene rings is 1. The lowest BCUT2D eigenvalue weighted by molar-refractivity contribution is 0.160. The van der Waals surface area contributed by atoms with Crippen molar-refractivity contribution in [2.45, 2.75) is 25.3 Å². The van der Waals surface area contributed by atoms with Crippen molar-refractivity contribution in [2.24, 2.45) is 5.92 Å². The molecule has 98 valence electrons. The van der Waals surface area contributed by atoms with Gasteiger partial charge in [-0.25, -0.2) is 0 Å². The van der Waals surface area contributed by atoms with E-state index >= 15 is 0 Å². The molecule has 18 heavy (non-hydrogen) atoms. The summed E-state index contributed by atoms with van der Waals surface area (Å²) in [5.74, 6) is 0.987. The van der Waals surface area contributed by atoms with Gasteiger partial charge in [0.25, 0.3) is 0 Å². The maximum atomic E-state index is 3.46. The smallest absolute Gasteiger partial charge is 0.0362 e. The second kappa shape index (κ2) is 5.88. The third-order valence-electron chi connectivity index (χ3n) is 4.11. The summed E-state index contributed by atoms with van der Waals surface area (Å²) in [6, 6.07) is 9.57. The van der Waals surface area contributed by atoms with E-state index < -0.39 is 0 Å². The molecule has 1 aromatic carbocycles. The molecule has 1 aromatic rings.